The molecule has 0 unspecified atom stereocenters. The number of aromatic nitrogens is 1. The number of nitrogens with zero attached hydrogens (tertiary/aromatic N) is 1. The van der Waals surface area contributed by atoms with E-state index in [1.54, 1.807) is 0 Å². The van der Waals surface area contributed by atoms with Gasteiger partial charge in [0.2, 0.25) is 0 Å². The smallest absolute Gasteiger partial charge is 0.0528 e. The van der Waals surface area contributed by atoms with Gasteiger partial charge in [0, 0.05) is 24.3 Å². The summed E-state index contributed by atoms with van der Waals surface area (Å²) in [6.07, 6.45) is 2.19. The molecule has 0 bridgehead atoms. The van der Waals surface area contributed by atoms with Crippen molar-refractivity contribution < 1.29 is 0 Å². The average Bonchev–Trinajstić information content (AvgIpc) is 2.69. The van der Waals surface area contributed by atoms with Gasteiger partial charge in [0.25, 0.3) is 0 Å². The van der Waals surface area contributed by atoms with Crippen LogP contribution in [0.4, 0.5) is 0 Å². The molecule has 1 heterocycles. The van der Waals surface area contributed by atoms with E-state index in [4.69, 9.17) is 0 Å². The lowest BCUT2D eigenvalue weighted by Gasteiger charge is -2.21. The topological polar surface area (TPSA) is 17.0 Å². The van der Waals surface area contributed by atoms with Crippen LogP contribution in [0, 0.1) is 0 Å². The van der Waals surface area contributed by atoms with E-state index in [9.17, 15) is 0 Å². The van der Waals surface area contributed by atoms with Crippen LogP contribution in [-0.4, -0.2) is 10.1 Å². The van der Waals surface area contributed by atoms with Gasteiger partial charge >= 0.3 is 0 Å². The van der Waals surface area contributed by atoms with Crippen LogP contribution in [0.3, 0.4) is 0 Å². The van der Waals surface area contributed by atoms with Gasteiger partial charge in [0.1, 0.15) is 0 Å². The summed E-state index contributed by atoms with van der Waals surface area (Å²) < 4.78 is 2.36. The van der Waals surface area contributed by atoms with Crippen LogP contribution >= 0.6 is 0 Å². The van der Waals surface area contributed by atoms with E-state index < -0.39 is 0 Å². The summed E-state index contributed by atoms with van der Waals surface area (Å²) in [5.41, 5.74) is 2.89. The first kappa shape index (κ1) is 13.2. The van der Waals surface area contributed by atoms with E-state index in [0.29, 0.717) is 6.04 Å². The van der Waals surface area contributed by atoms with Crippen molar-refractivity contribution in [3.63, 3.8) is 0 Å². The number of rotatable bonds is 3. The van der Waals surface area contributed by atoms with Gasteiger partial charge in [-0.15, -0.1) is 0 Å². The van der Waals surface area contributed by atoms with Gasteiger partial charge in [0.15, 0.2) is 0 Å². The van der Waals surface area contributed by atoms with Gasteiger partial charge in [-0.05, 0) is 51.6 Å². The van der Waals surface area contributed by atoms with E-state index in [-0.39, 0.29) is 5.54 Å². The number of benzene rings is 1. The molecule has 18 heavy (non-hydrogen) atoms. The van der Waals surface area contributed by atoms with Gasteiger partial charge in [-0.3, -0.25) is 0 Å². The molecule has 0 saturated carbocycles. The molecule has 2 heteroatoms. The van der Waals surface area contributed by atoms with Crippen molar-refractivity contribution >= 4 is 10.9 Å². The van der Waals surface area contributed by atoms with E-state index >= 15 is 0 Å². The maximum Gasteiger partial charge on any atom is 0.0528 e. The van der Waals surface area contributed by atoms with E-state index in [1.165, 1.54) is 16.5 Å². The highest BCUT2D eigenvalue weighted by molar-refractivity contribution is 5.83. The maximum atomic E-state index is 3.57. The zero-order valence-corrected chi connectivity index (χ0v) is 12.1. The summed E-state index contributed by atoms with van der Waals surface area (Å²) in [7, 11) is 0. The lowest BCUT2D eigenvalue weighted by atomic mass is 10.1. The molecular weight excluding hydrogens is 220 g/mol. The van der Waals surface area contributed by atoms with Crippen molar-refractivity contribution in [2.45, 2.75) is 52.7 Å². The third-order valence-electron chi connectivity index (χ3n) is 3.19. The molecule has 0 atom stereocenters. The molecule has 1 aromatic heterocycles. The fourth-order valence-corrected chi connectivity index (χ4v) is 2.23. The highest BCUT2D eigenvalue weighted by Crippen LogP contribution is 2.24. The molecule has 0 saturated heterocycles. The molecule has 2 nitrogen and oxygen atoms in total. The zero-order chi connectivity index (χ0) is 13.3. The Labute approximate surface area is 110 Å². The Morgan fingerprint density at radius 2 is 1.89 bits per heavy atom. The number of hydrogen-bond donors (Lipinski definition) is 1. The summed E-state index contributed by atoms with van der Waals surface area (Å²) in [5.74, 6) is 0. The Bertz CT molecular complexity index is 530. The summed E-state index contributed by atoms with van der Waals surface area (Å²) >= 11 is 0. The van der Waals surface area contributed by atoms with Crippen molar-refractivity contribution in [3.8, 4) is 0 Å². The first-order chi connectivity index (χ1) is 8.38. The molecule has 0 aliphatic heterocycles. The molecule has 0 radical (unpaired) electrons. The van der Waals surface area contributed by atoms with Gasteiger partial charge in [-0.25, -0.2) is 0 Å². The Balaban J connectivity index is 2.40. The van der Waals surface area contributed by atoms with E-state index in [0.717, 1.165) is 6.54 Å². The second-order valence-electron chi connectivity index (χ2n) is 6.28. The predicted octanol–water partition coefficient (Wildman–Crippen LogP) is 4.11. The van der Waals surface area contributed by atoms with Crippen LogP contribution in [0.5, 0.6) is 0 Å². The maximum absolute atomic E-state index is 3.57. The third-order valence-corrected chi connectivity index (χ3v) is 3.19. The Hall–Kier alpha value is -1.28. The Morgan fingerprint density at radius 3 is 2.50 bits per heavy atom. The first-order valence-electron chi connectivity index (χ1n) is 6.72. The largest absolute Gasteiger partial charge is 0.345 e. The Morgan fingerprint density at radius 1 is 1.17 bits per heavy atom. The fraction of sp³-hybridized carbons (Fsp3) is 0.500. The van der Waals surface area contributed by atoms with Crippen molar-refractivity contribution in [1.82, 2.24) is 9.88 Å². The summed E-state index contributed by atoms with van der Waals surface area (Å²) in [6, 6.07) is 9.26. The van der Waals surface area contributed by atoms with Crippen LogP contribution in [0.15, 0.2) is 30.5 Å². The normalized spacial score (nSPS) is 12.6. The van der Waals surface area contributed by atoms with Gasteiger partial charge in [-0.1, -0.05) is 18.2 Å². The molecule has 0 fully saturated rings. The number of para-hydroxylation sites is 1. The molecule has 98 valence electrons. The number of hydrogen-bond acceptors (Lipinski definition) is 1. The van der Waals surface area contributed by atoms with Gasteiger partial charge < -0.3 is 9.88 Å². The predicted molar refractivity (Wildman–Crippen MR) is 78.9 cm³/mol. The lowest BCUT2D eigenvalue weighted by Crippen LogP contribution is -2.35. The van der Waals surface area contributed by atoms with E-state index in [1.807, 2.05) is 0 Å². The number of nitrogens with one attached hydrogen (secondary N) is 1. The molecule has 1 aromatic carbocycles. The molecule has 1 N–H and O–H groups in total. The summed E-state index contributed by atoms with van der Waals surface area (Å²) in [4.78, 5) is 0. The zero-order valence-electron chi connectivity index (χ0n) is 12.1. The molecule has 2 rings (SSSR count). The van der Waals surface area contributed by atoms with E-state index in [2.05, 4.69) is 75.0 Å². The first-order valence-corrected chi connectivity index (χ1v) is 6.72. The monoisotopic (exact) mass is 244 g/mol. The van der Waals surface area contributed by atoms with Gasteiger partial charge in [-0.2, -0.15) is 0 Å². The average molecular weight is 244 g/mol. The van der Waals surface area contributed by atoms with Crippen LogP contribution in [-0.2, 0) is 6.54 Å². The van der Waals surface area contributed by atoms with Crippen molar-refractivity contribution in [2.75, 3.05) is 0 Å². The van der Waals surface area contributed by atoms with Crippen LogP contribution in [0.1, 0.15) is 46.2 Å². The highest BCUT2D eigenvalue weighted by Gasteiger charge is 2.12. The minimum Gasteiger partial charge on any atom is -0.345 e. The second-order valence-corrected chi connectivity index (χ2v) is 6.28. The SMILES string of the molecule is CC(C)n1ccc2cccc(CNC(C)(C)C)c21. The Kier molecular flexibility index (Phi) is 3.49. The van der Waals surface area contributed by atoms with Crippen molar-refractivity contribution in [2.24, 2.45) is 0 Å². The second kappa shape index (κ2) is 4.77. The summed E-state index contributed by atoms with van der Waals surface area (Å²) in [6.45, 7) is 12.0. The molecule has 0 spiro atoms. The third kappa shape index (κ3) is 2.75. The number of fused-ring (bicyclic) bond motifs is 1. The standard InChI is InChI=1S/C16H24N2/c1-12(2)18-10-9-13-7-6-8-14(15(13)18)11-17-16(3,4)5/h6-10,12,17H,11H2,1-5H3. The van der Waals surface area contributed by atoms with Crippen LogP contribution in [0.2, 0.25) is 0 Å². The lowest BCUT2D eigenvalue weighted by molar-refractivity contribution is 0.424. The van der Waals surface area contributed by atoms with Gasteiger partial charge in [0.05, 0.1) is 5.52 Å². The fourth-order valence-electron chi connectivity index (χ4n) is 2.23. The molecular formula is C16H24N2. The quantitative estimate of drug-likeness (QED) is 0.859. The molecule has 2 aromatic rings. The molecule has 0 amide bonds. The van der Waals surface area contributed by atoms with Crippen molar-refractivity contribution in [3.05, 3.63) is 36.0 Å². The van der Waals surface area contributed by atoms with Crippen molar-refractivity contribution in [1.29, 1.82) is 0 Å². The molecule has 0 aliphatic rings. The summed E-state index contributed by atoms with van der Waals surface area (Å²) in [5, 5.41) is 4.90. The molecule has 0 aliphatic carbocycles. The van der Waals surface area contributed by atoms with Crippen LogP contribution < -0.4 is 5.32 Å². The van der Waals surface area contributed by atoms with Crippen LogP contribution in [0.25, 0.3) is 10.9 Å². The highest BCUT2D eigenvalue weighted by atomic mass is 15.0. The minimum absolute atomic E-state index is 0.150. The minimum atomic E-state index is 0.150.